The third-order valence-electron chi connectivity index (χ3n) is 11.5. The lowest BCUT2D eigenvalue weighted by Crippen LogP contribution is -2.71. The van der Waals surface area contributed by atoms with E-state index in [1.807, 2.05) is 0 Å². The van der Waals surface area contributed by atoms with E-state index in [9.17, 15) is 27.9 Å². The molecule has 10 heteroatoms. The number of allylic oxidation sites excluding steroid dienone is 1. The van der Waals surface area contributed by atoms with E-state index in [0.29, 0.717) is 12.3 Å². The number of nitrogens with one attached hydrogen (secondary N) is 1. The lowest BCUT2D eigenvalue weighted by molar-refractivity contribution is -0.967. The lowest BCUT2D eigenvalue weighted by Gasteiger charge is -2.63. The van der Waals surface area contributed by atoms with Crippen molar-refractivity contribution < 1.29 is 41.8 Å². The first kappa shape index (κ1) is 31.5. The topological polar surface area (TPSA) is 84.9 Å². The number of ether oxygens (including phenoxy) is 2. The first-order valence-electron chi connectivity index (χ1n) is 16.8. The van der Waals surface area contributed by atoms with E-state index < -0.39 is 40.9 Å². The molecule has 0 aromatic heterocycles. The molecule has 1 aromatic rings. The van der Waals surface area contributed by atoms with E-state index in [1.165, 1.54) is 31.1 Å². The molecule has 7 atom stereocenters. The maximum atomic E-state index is 14.4. The van der Waals surface area contributed by atoms with Crippen LogP contribution in [0.2, 0.25) is 0 Å². The Bertz CT molecular complexity index is 1510. The summed E-state index contributed by atoms with van der Waals surface area (Å²) in [6, 6.07) is 8.06. The summed E-state index contributed by atoms with van der Waals surface area (Å²) in [4.78, 5) is 26.3. The number of nitrogens with zero attached hydrogens (tertiary/aromatic N) is 1. The van der Waals surface area contributed by atoms with Gasteiger partial charge in [0.05, 0.1) is 31.8 Å². The highest BCUT2D eigenvalue weighted by molar-refractivity contribution is 6.00. The standard InChI is InChI=1S/C36H43F3N2O5/c1-21(2)19-41(20-24-12-13-24)15-14-34-26-10-7-11-30(34)45-32-31(34)25(17-28(26)41)29(43)18-35(32,46-22(3)42)40-33(44)27(36(37,38)39)16-23-8-5-4-6-9-23/h4-6,8-9,16,18,21,24,26,28,30,32H,7,10-15,17,19-20H2,1-3H3,(H-,40,43,44)/p+1/t26-,28+,30-,32?,34+,35?,41?/m0/s1. The average molecular weight is 642 g/mol. The van der Waals surface area contributed by atoms with Crippen molar-refractivity contribution in [3.8, 4) is 0 Å². The normalized spacial score (nSPS) is 36.7. The zero-order chi connectivity index (χ0) is 32.6. The molecule has 1 amide bonds. The number of halogens is 3. The molecule has 3 unspecified atom stereocenters. The van der Waals surface area contributed by atoms with E-state index >= 15 is 0 Å². The number of aliphatic hydroxyl groups is 1. The minimum absolute atomic E-state index is 0.151. The SMILES string of the molecule is CC(=O)OC1(NC(=O)C(=Cc2ccccc2)C(F)(F)F)C=C(O)C2=C3C1O[C@H]1CCC[C@H]4[C@@H](C2)[N+](CC(C)C)(CC2CC2)CC[C@]314. The molecule has 2 saturated carbocycles. The van der Waals surface area contributed by atoms with Crippen LogP contribution in [0.5, 0.6) is 0 Å². The third kappa shape index (κ3) is 5.02. The minimum Gasteiger partial charge on any atom is -0.508 e. The number of likely N-dealkylation sites (tertiary alicyclic amines) is 1. The molecule has 7 nitrogen and oxygen atoms in total. The number of amides is 1. The van der Waals surface area contributed by atoms with Crippen molar-refractivity contribution in [2.75, 3.05) is 19.6 Å². The van der Waals surface area contributed by atoms with Crippen molar-refractivity contribution in [1.29, 1.82) is 0 Å². The van der Waals surface area contributed by atoms with Crippen LogP contribution < -0.4 is 5.32 Å². The van der Waals surface area contributed by atoms with Crippen molar-refractivity contribution in [1.82, 2.24) is 5.32 Å². The summed E-state index contributed by atoms with van der Waals surface area (Å²) < 4.78 is 56.8. The molecule has 2 heterocycles. The van der Waals surface area contributed by atoms with Crippen molar-refractivity contribution in [2.24, 2.45) is 23.2 Å². The summed E-state index contributed by atoms with van der Waals surface area (Å²) >= 11 is 0. The molecule has 46 heavy (non-hydrogen) atoms. The summed E-state index contributed by atoms with van der Waals surface area (Å²) in [5.41, 5.74) is -2.26. The predicted octanol–water partition coefficient (Wildman–Crippen LogP) is 6.37. The molecule has 0 radical (unpaired) electrons. The third-order valence-corrected chi connectivity index (χ3v) is 11.5. The van der Waals surface area contributed by atoms with Crippen molar-refractivity contribution in [3.05, 3.63) is 64.4 Å². The highest BCUT2D eigenvalue weighted by Gasteiger charge is 2.73. The summed E-state index contributed by atoms with van der Waals surface area (Å²) in [6.07, 6.45) is 2.39. The van der Waals surface area contributed by atoms with Crippen LogP contribution in [0.3, 0.4) is 0 Å². The fourth-order valence-electron chi connectivity index (χ4n) is 10.1. The van der Waals surface area contributed by atoms with Gasteiger partial charge in [0.1, 0.15) is 17.4 Å². The van der Waals surface area contributed by atoms with Crippen LogP contribution in [0.4, 0.5) is 13.2 Å². The van der Waals surface area contributed by atoms with E-state index in [-0.39, 0.29) is 29.4 Å². The van der Waals surface area contributed by atoms with Crippen LogP contribution in [0.15, 0.2) is 58.9 Å². The Kier molecular flexibility index (Phi) is 7.51. The molecule has 6 aliphatic rings. The smallest absolute Gasteiger partial charge is 0.421 e. The number of piperidine rings is 1. The number of hydrogen-bond acceptors (Lipinski definition) is 5. The maximum absolute atomic E-state index is 14.4. The van der Waals surface area contributed by atoms with Crippen molar-refractivity contribution in [3.63, 3.8) is 0 Å². The molecular formula is C36H44F3N2O5+. The molecule has 248 valence electrons. The number of carbonyl (C=O) groups excluding carboxylic acids is 2. The van der Waals surface area contributed by atoms with Gasteiger partial charge in [-0.15, -0.1) is 0 Å². The summed E-state index contributed by atoms with van der Waals surface area (Å²) in [5.74, 6) is -0.930. The van der Waals surface area contributed by atoms with Gasteiger partial charge in [-0.3, -0.25) is 9.59 Å². The van der Waals surface area contributed by atoms with Crippen LogP contribution in [0.1, 0.15) is 71.3 Å². The van der Waals surface area contributed by atoms with Crippen LogP contribution in [-0.4, -0.2) is 71.3 Å². The van der Waals surface area contributed by atoms with E-state index in [4.69, 9.17) is 9.47 Å². The Labute approximate surface area is 268 Å². The number of esters is 1. The number of rotatable bonds is 8. The highest BCUT2D eigenvalue weighted by atomic mass is 19.4. The molecule has 4 aliphatic carbocycles. The summed E-state index contributed by atoms with van der Waals surface area (Å²) in [5, 5.41) is 14.2. The van der Waals surface area contributed by atoms with Crippen LogP contribution in [-0.2, 0) is 19.1 Å². The summed E-state index contributed by atoms with van der Waals surface area (Å²) in [7, 11) is 0. The summed E-state index contributed by atoms with van der Waals surface area (Å²) in [6.45, 7) is 8.87. The molecule has 2 bridgehead atoms. The number of quaternary nitrogens is 1. The number of aliphatic hydroxyl groups excluding tert-OH is 1. The molecule has 2 N–H and O–H groups in total. The fraction of sp³-hybridized carbons (Fsp3) is 0.611. The van der Waals surface area contributed by atoms with Crippen LogP contribution >= 0.6 is 0 Å². The Balaban J connectivity index is 1.32. The lowest BCUT2D eigenvalue weighted by atomic mass is 9.49. The Morgan fingerprint density at radius 2 is 1.91 bits per heavy atom. The first-order valence-corrected chi connectivity index (χ1v) is 16.8. The Morgan fingerprint density at radius 1 is 1.17 bits per heavy atom. The van der Waals surface area contributed by atoms with Gasteiger partial charge in [0.25, 0.3) is 5.91 Å². The molecule has 7 rings (SSSR count). The second kappa shape index (κ2) is 11.0. The minimum atomic E-state index is -5.00. The number of hydrogen-bond donors (Lipinski definition) is 2. The van der Waals surface area contributed by atoms with Crippen LogP contribution in [0.25, 0.3) is 6.08 Å². The van der Waals surface area contributed by atoms with Crippen molar-refractivity contribution in [2.45, 2.75) is 95.9 Å². The van der Waals surface area contributed by atoms with Gasteiger partial charge < -0.3 is 24.4 Å². The van der Waals surface area contributed by atoms with Gasteiger partial charge in [0, 0.05) is 54.6 Å². The van der Waals surface area contributed by atoms with Crippen molar-refractivity contribution >= 4 is 18.0 Å². The first-order chi connectivity index (χ1) is 21.8. The van der Waals surface area contributed by atoms with E-state index in [2.05, 4.69) is 19.2 Å². The monoisotopic (exact) mass is 641 g/mol. The van der Waals surface area contributed by atoms with Gasteiger partial charge in [0.15, 0.2) is 0 Å². The second-order valence-electron chi connectivity index (χ2n) is 15.0. The van der Waals surface area contributed by atoms with E-state index in [0.717, 1.165) is 79.9 Å². The van der Waals surface area contributed by atoms with E-state index in [1.54, 1.807) is 18.2 Å². The number of carbonyl (C=O) groups is 2. The van der Waals surface area contributed by atoms with Gasteiger partial charge in [-0.1, -0.05) is 50.6 Å². The Morgan fingerprint density at radius 3 is 2.57 bits per heavy atom. The van der Waals surface area contributed by atoms with Gasteiger partial charge >= 0.3 is 12.1 Å². The predicted molar refractivity (Wildman–Crippen MR) is 165 cm³/mol. The number of benzene rings is 1. The van der Waals surface area contributed by atoms with Crippen LogP contribution in [0, 0.1) is 23.2 Å². The highest BCUT2D eigenvalue weighted by Crippen LogP contribution is 2.68. The Hall–Kier alpha value is -3.11. The zero-order valence-electron chi connectivity index (χ0n) is 26.7. The quantitative estimate of drug-likeness (QED) is 0.149. The largest absolute Gasteiger partial charge is 0.508 e. The fourth-order valence-corrected chi connectivity index (χ4v) is 10.1. The molecule has 1 aromatic carbocycles. The second-order valence-corrected chi connectivity index (χ2v) is 15.0. The van der Waals surface area contributed by atoms with Gasteiger partial charge in [-0.05, 0) is 42.9 Å². The van der Waals surface area contributed by atoms with Gasteiger partial charge in [-0.25, -0.2) is 0 Å². The maximum Gasteiger partial charge on any atom is 0.421 e. The molecule has 2 aliphatic heterocycles. The molecule has 1 spiro atoms. The number of alkyl halides is 3. The zero-order valence-corrected chi connectivity index (χ0v) is 26.7. The average Bonchev–Trinajstić information content (AvgIpc) is 3.71. The molecule has 4 fully saturated rings. The molecular weight excluding hydrogens is 597 g/mol. The van der Waals surface area contributed by atoms with Gasteiger partial charge in [0.2, 0.25) is 5.72 Å². The molecule has 2 saturated heterocycles. The van der Waals surface area contributed by atoms with Gasteiger partial charge in [-0.2, -0.15) is 13.2 Å².